The van der Waals surface area contributed by atoms with Crippen LogP contribution in [0.4, 0.5) is 0 Å². The minimum absolute atomic E-state index is 0.0453. The second-order valence-corrected chi connectivity index (χ2v) is 5.98. The third kappa shape index (κ3) is 4.41. The highest BCUT2D eigenvalue weighted by atomic mass is 35.5. The predicted molar refractivity (Wildman–Crippen MR) is 78.8 cm³/mol. The number of carbonyl (C=O) groups is 1. The first-order chi connectivity index (χ1) is 9.19. The molecule has 0 aliphatic carbocycles. The molecule has 1 aliphatic rings. The van der Waals surface area contributed by atoms with Crippen molar-refractivity contribution in [1.29, 1.82) is 0 Å². The minimum atomic E-state index is -0.0453. The maximum Gasteiger partial charge on any atom is 0.233 e. The lowest BCUT2D eigenvalue weighted by Crippen LogP contribution is -2.50. The Bertz CT molecular complexity index is 415. The Balaban J connectivity index is 1.85. The summed E-state index contributed by atoms with van der Waals surface area (Å²) in [6, 6.07) is 9.96. The average molecular weight is 300 g/mol. The fourth-order valence-corrected chi connectivity index (χ4v) is 3.08. The van der Waals surface area contributed by atoms with Crippen molar-refractivity contribution in [2.75, 3.05) is 24.7 Å². The van der Waals surface area contributed by atoms with E-state index in [4.69, 9.17) is 16.3 Å². The van der Waals surface area contributed by atoms with Gasteiger partial charge in [0.1, 0.15) is 0 Å². The van der Waals surface area contributed by atoms with Crippen LogP contribution in [0.15, 0.2) is 35.2 Å². The molecule has 0 bridgehead atoms. The highest BCUT2D eigenvalue weighted by Crippen LogP contribution is 2.19. The first kappa shape index (κ1) is 14.7. The molecule has 5 heteroatoms. The third-order valence-electron chi connectivity index (χ3n) is 2.96. The van der Waals surface area contributed by atoms with E-state index in [1.54, 1.807) is 11.8 Å². The molecular weight excluding hydrogens is 282 g/mol. The van der Waals surface area contributed by atoms with Crippen LogP contribution in [0.25, 0.3) is 0 Å². The van der Waals surface area contributed by atoms with E-state index in [9.17, 15) is 4.79 Å². The monoisotopic (exact) mass is 299 g/mol. The van der Waals surface area contributed by atoms with Crippen LogP contribution in [-0.2, 0) is 9.53 Å². The van der Waals surface area contributed by atoms with Crippen molar-refractivity contribution >= 4 is 29.3 Å². The lowest BCUT2D eigenvalue weighted by molar-refractivity contribution is -0.140. The molecule has 1 fully saturated rings. The van der Waals surface area contributed by atoms with Crippen molar-refractivity contribution in [2.24, 2.45) is 0 Å². The topological polar surface area (TPSA) is 29.5 Å². The van der Waals surface area contributed by atoms with Gasteiger partial charge in [0.15, 0.2) is 0 Å². The number of nitrogens with zero attached hydrogens (tertiary/aromatic N) is 1. The quantitative estimate of drug-likeness (QED) is 0.632. The summed E-state index contributed by atoms with van der Waals surface area (Å²) >= 11 is 7.39. The van der Waals surface area contributed by atoms with Gasteiger partial charge in [-0.05, 0) is 19.1 Å². The zero-order valence-electron chi connectivity index (χ0n) is 10.9. The van der Waals surface area contributed by atoms with E-state index >= 15 is 0 Å². The average Bonchev–Trinajstić information content (AvgIpc) is 2.45. The molecule has 0 aromatic heterocycles. The number of amides is 1. The van der Waals surface area contributed by atoms with E-state index in [0.29, 0.717) is 24.7 Å². The maximum absolute atomic E-state index is 12.2. The molecule has 2 unspecified atom stereocenters. The summed E-state index contributed by atoms with van der Waals surface area (Å²) in [5, 5.41) is 0. The minimum Gasteiger partial charge on any atom is -0.370 e. The number of benzene rings is 1. The molecule has 19 heavy (non-hydrogen) atoms. The lowest BCUT2D eigenvalue weighted by atomic mass is 10.2. The molecule has 0 N–H and O–H groups in total. The molecule has 1 amide bonds. The van der Waals surface area contributed by atoms with Crippen LogP contribution in [0, 0.1) is 0 Å². The van der Waals surface area contributed by atoms with Gasteiger partial charge in [-0.2, -0.15) is 0 Å². The Morgan fingerprint density at radius 1 is 1.42 bits per heavy atom. The molecule has 1 aromatic carbocycles. The van der Waals surface area contributed by atoms with E-state index in [1.807, 2.05) is 42.2 Å². The first-order valence-electron chi connectivity index (χ1n) is 6.36. The van der Waals surface area contributed by atoms with Gasteiger partial charge in [-0.15, -0.1) is 23.4 Å². The second-order valence-electron chi connectivity index (χ2n) is 4.62. The number of rotatable bonds is 4. The Morgan fingerprint density at radius 2 is 2.16 bits per heavy atom. The smallest absolute Gasteiger partial charge is 0.233 e. The van der Waals surface area contributed by atoms with Gasteiger partial charge in [0.2, 0.25) is 5.91 Å². The highest BCUT2D eigenvalue weighted by Gasteiger charge is 2.27. The Labute approximate surface area is 123 Å². The van der Waals surface area contributed by atoms with Crippen LogP contribution in [0.5, 0.6) is 0 Å². The normalized spacial score (nSPS) is 23.4. The number of alkyl halides is 1. The highest BCUT2D eigenvalue weighted by molar-refractivity contribution is 8.00. The summed E-state index contributed by atoms with van der Waals surface area (Å²) in [5.74, 6) is 1.05. The van der Waals surface area contributed by atoms with Crippen molar-refractivity contribution < 1.29 is 9.53 Å². The van der Waals surface area contributed by atoms with E-state index in [0.717, 1.165) is 4.90 Å². The summed E-state index contributed by atoms with van der Waals surface area (Å²) < 4.78 is 5.65. The van der Waals surface area contributed by atoms with Crippen molar-refractivity contribution in [1.82, 2.24) is 4.90 Å². The zero-order valence-corrected chi connectivity index (χ0v) is 12.5. The van der Waals surface area contributed by atoms with Gasteiger partial charge in [0.25, 0.3) is 0 Å². The van der Waals surface area contributed by atoms with Crippen molar-refractivity contribution in [2.45, 2.75) is 24.0 Å². The molecule has 104 valence electrons. The van der Waals surface area contributed by atoms with Crippen LogP contribution in [0.1, 0.15) is 6.92 Å². The Morgan fingerprint density at radius 3 is 2.84 bits per heavy atom. The van der Waals surface area contributed by atoms with Crippen LogP contribution >= 0.6 is 23.4 Å². The molecule has 1 saturated heterocycles. The van der Waals surface area contributed by atoms with E-state index in [1.165, 1.54) is 0 Å². The number of halogens is 1. The molecule has 3 nitrogen and oxygen atoms in total. The van der Waals surface area contributed by atoms with Crippen LogP contribution in [-0.4, -0.2) is 47.7 Å². The van der Waals surface area contributed by atoms with Gasteiger partial charge in [-0.3, -0.25) is 4.79 Å². The maximum atomic E-state index is 12.2. The Hall–Kier alpha value is -0.710. The van der Waals surface area contributed by atoms with Crippen molar-refractivity contribution in [3.05, 3.63) is 30.3 Å². The standard InChI is InChI=1S/C14H18ClNO2S/c1-11-8-16(9-12(7-15)18-11)14(17)10-19-13-5-3-2-4-6-13/h2-6,11-12H,7-10H2,1H3. The summed E-state index contributed by atoms with van der Waals surface area (Å²) in [7, 11) is 0. The van der Waals surface area contributed by atoms with Crippen LogP contribution < -0.4 is 0 Å². The van der Waals surface area contributed by atoms with Gasteiger partial charge in [-0.1, -0.05) is 18.2 Å². The number of hydrogen-bond donors (Lipinski definition) is 0. The van der Waals surface area contributed by atoms with Crippen molar-refractivity contribution in [3.63, 3.8) is 0 Å². The van der Waals surface area contributed by atoms with E-state index in [2.05, 4.69) is 0 Å². The molecule has 1 heterocycles. The van der Waals surface area contributed by atoms with Crippen molar-refractivity contribution in [3.8, 4) is 0 Å². The second kappa shape index (κ2) is 7.17. The lowest BCUT2D eigenvalue weighted by Gasteiger charge is -2.36. The fraction of sp³-hybridized carbons (Fsp3) is 0.500. The molecular formula is C14H18ClNO2S. The summed E-state index contributed by atoms with van der Waals surface area (Å²) in [5.41, 5.74) is 0. The largest absolute Gasteiger partial charge is 0.370 e. The number of carbonyl (C=O) groups excluding carboxylic acids is 1. The van der Waals surface area contributed by atoms with Gasteiger partial charge < -0.3 is 9.64 Å². The van der Waals surface area contributed by atoms with Crippen LogP contribution in [0.2, 0.25) is 0 Å². The van der Waals surface area contributed by atoms with Gasteiger partial charge in [-0.25, -0.2) is 0 Å². The number of hydrogen-bond acceptors (Lipinski definition) is 3. The summed E-state index contributed by atoms with van der Waals surface area (Å²) in [6.07, 6.45) is 0.0132. The molecule has 2 rings (SSSR count). The number of thioether (sulfide) groups is 1. The van der Waals surface area contributed by atoms with E-state index in [-0.39, 0.29) is 18.1 Å². The van der Waals surface area contributed by atoms with Crippen LogP contribution in [0.3, 0.4) is 0 Å². The molecule has 0 spiro atoms. The number of ether oxygens (including phenoxy) is 1. The first-order valence-corrected chi connectivity index (χ1v) is 7.88. The molecule has 2 atom stereocenters. The third-order valence-corrected chi connectivity index (χ3v) is 4.30. The van der Waals surface area contributed by atoms with Gasteiger partial charge in [0.05, 0.1) is 23.8 Å². The fourth-order valence-electron chi connectivity index (χ4n) is 2.09. The molecule has 1 aliphatic heterocycles. The number of morpholine rings is 1. The predicted octanol–water partition coefficient (Wildman–Crippen LogP) is 2.63. The zero-order chi connectivity index (χ0) is 13.7. The summed E-state index contributed by atoms with van der Waals surface area (Å²) in [6.45, 7) is 3.23. The molecule has 0 radical (unpaired) electrons. The summed E-state index contributed by atoms with van der Waals surface area (Å²) in [4.78, 5) is 15.2. The molecule has 0 saturated carbocycles. The van der Waals surface area contributed by atoms with E-state index < -0.39 is 0 Å². The van der Waals surface area contributed by atoms with Gasteiger partial charge in [0, 0.05) is 18.0 Å². The Kier molecular flexibility index (Phi) is 5.55. The molecule has 1 aromatic rings. The SMILES string of the molecule is CC1CN(C(=O)CSc2ccccc2)CC(CCl)O1. The van der Waals surface area contributed by atoms with Gasteiger partial charge >= 0.3 is 0 Å².